The lowest BCUT2D eigenvalue weighted by molar-refractivity contribution is -0.132. The number of hydrogen-bond acceptors (Lipinski definition) is 8. The number of Topliss-reactive ketones (excluding diaryl/α,β-unsaturated/α-hetero) is 2. The Morgan fingerprint density at radius 3 is 2.61 bits per heavy atom. The Kier molecular flexibility index (Phi) is 16.6. The van der Waals surface area contributed by atoms with E-state index in [0.29, 0.717) is 45.2 Å². The van der Waals surface area contributed by atoms with Crippen LogP contribution < -0.4 is 10.6 Å². The summed E-state index contributed by atoms with van der Waals surface area (Å²) in [6.07, 6.45) is 2.85. The number of aliphatic hydroxyl groups is 1. The van der Waals surface area contributed by atoms with E-state index in [4.69, 9.17) is 16.4 Å². The molecule has 1 amide bonds. The van der Waals surface area contributed by atoms with Crippen molar-refractivity contribution in [2.45, 2.75) is 52.0 Å². The zero-order valence-electron chi connectivity index (χ0n) is 21.8. The summed E-state index contributed by atoms with van der Waals surface area (Å²) in [6.45, 7) is 2.07. The van der Waals surface area contributed by atoms with Gasteiger partial charge < -0.3 is 25.2 Å². The predicted molar refractivity (Wildman–Crippen MR) is 136 cm³/mol. The topological polar surface area (TPSA) is 163 Å². The highest BCUT2D eigenvalue weighted by molar-refractivity contribution is 5.95. The largest absolute Gasteiger partial charge is 0.392 e. The number of nitrogens with one attached hydrogen (secondary N) is 2. The Hall–Kier alpha value is -2.82. The smallest absolute Gasteiger partial charge is 0.227 e. The summed E-state index contributed by atoms with van der Waals surface area (Å²) < 4.78 is 17.7. The first-order chi connectivity index (χ1) is 18.0. The number of ketones is 2. The highest BCUT2D eigenvalue weighted by Crippen LogP contribution is 2.18. The van der Waals surface area contributed by atoms with Gasteiger partial charge in [-0.15, -0.1) is 0 Å². The van der Waals surface area contributed by atoms with E-state index in [9.17, 15) is 19.5 Å². The third kappa shape index (κ3) is 15.2. The van der Waals surface area contributed by atoms with Crippen LogP contribution in [0.15, 0.2) is 29.4 Å². The fraction of sp³-hybridized carbons (Fsp3) is 0.640. The summed E-state index contributed by atoms with van der Waals surface area (Å²) >= 11 is 0. The van der Waals surface area contributed by atoms with E-state index in [1.54, 1.807) is 24.3 Å². The number of carbonyl (C=O) groups is 3. The second kappa shape index (κ2) is 20.4. The number of unbranched alkanes of at least 4 members (excludes halogenated alkanes) is 1. The monoisotopic (exact) mass is 507 g/mol. The number of hydrogen-bond donors (Lipinski definition) is 3. The van der Waals surface area contributed by atoms with E-state index in [0.717, 1.165) is 24.9 Å². The summed E-state index contributed by atoms with van der Waals surface area (Å²) in [6, 6.07) is 6.84. The van der Waals surface area contributed by atoms with Gasteiger partial charge >= 0.3 is 0 Å². The van der Waals surface area contributed by atoms with Crippen molar-refractivity contribution >= 4 is 23.2 Å². The van der Waals surface area contributed by atoms with Crippen LogP contribution in [0.25, 0.3) is 10.4 Å². The Bertz CT molecular complexity index is 848. The molecule has 1 atom stereocenters. The molecular weight excluding hydrogens is 466 g/mol. The minimum absolute atomic E-state index is 0.00785. The first kappa shape index (κ1) is 29.4. The zero-order chi connectivity index (χ0) is 27.1. The molecule has 200 valence electrons. The SMILES string of the molecule is [3H]CCNCCCC[C@H](CC(=O)COCC(=O)CCCOCCN=[N+]=[N-])C(=O)Nc1ccc(CO)cc1. The average molecular weight is 508 g/mol. The molecule has 0 saturated heterocycles. The van der Waals surface area contributed by atoms with Crippen molar-refractivity contribution < 1.29 is 30.3 Å². The second-order valence-corrected chi connectivity index (χ2v) is 8.23. The zero-order valence-corrected chi connectivity index (χ0v) is 20.8. The van der Waals surface area contributed by atoms with E-state index < -0.39 is 5.92 Å². The standard InChI is InChI=1S/C25H39N5O6/c1-2-27-12-4-3-6-21(25(34)29-22-10-8-20(17-31)9-11-22)16-24(33)19-36-18-23(32)7-5-14-35-15-13-28-30-26/h8-11,21,27,31H,2-7,12-19H2,1H3,(H,29,34)/t21-/m1/s1/i1T. The van der Waals surface area contributed by atoms with Gasteiger partial charge in [0.2, 0.25) is 5.91 Å². The molecule has 0 heterocycles. The van der Waals surface area contributed by atoms with Crippen LogP contribution in [0, 0.1) is 5.92 Å². The summed E-state index contributed by atoms with van der Waals surface area (Å²) in [4.78, 5) is 40.0. The van der Waals surface area contributed by atoms with Gasteiger partial charge in [0.25, 0.3) is 0 Å². The van der Waals surface area contributed by atoms with Crippen LogP contribution in [-0.4, -0.2) is 68.6 Å². The number of ether oxygens (including phenoxy) is 2. The molecule has 0 unspecified atom stereocenters. The van der Waals surface area contributed by atoms with Crippen LogP contribution in [0.2, 0.25) is 0 Å². The maximum absolute atomic E-state index is 12.9. The predicted octanol–water partition coefficient (Wildman–Crippen LogP) is 3.17. The lowest BCUT2D eigenvalue weighted by Crippen LogP contribution is -2.27. The minimum Gasteiger partial charge on any atom is -0.392 e. The van der Waals surface area contributed by atoms with Crippen molar-refractivity contribution in [3.63, 3.8) is 0 Å². The van der Waals surface area contributed by atoms with Crippen LogP contribution in [-0.2, 0) is 30.5 Å². The van der Waals surface area contributed by atoms with Crippen LogP contribution in [0.4, 0.5) is 5.69 Å². The van der Waals surface area contributed by atoms with Crippen LogP contribution in [0.3, 0.4) is 0 Å². The molecule has 11 heteroatoms. The molecule has 1 aromatic carbocycles. The lowest BCUT2D eigenvalue weighted by Gasteiger charge is -2.17. The summed E-state index contributed by atoms with van der Waals surface area (Å²) in [5, 5.41) is 18.5. The van der Waals surface area contributed by atoms with Crippen LogP contribution in [0.1, 0.15) is 52.4 Å². The number of nitrogens with zero attached hydrogens (tertiary/aromatic N) is 3. The molecule has 0 radical (unpaired) electrons. The van der Waals surface area contributed by atoms with E-state index in [-0.39, 0.29) is 56.7 Å². The lowest BCUT2D eigenvalue weighted by atomic mass is 9.95. The van der Waals surface area contributed by atoms with Gasteiger partial charge in [-0.2, -0.15) is 0 Å². The van der Waals surface area contributed by atoms with Crippen molar-refractivity contribution in [2.75, 3.05) is 51.4 Å². The highest BCUT2D eigenvalue weighted by atomic mass is 16.5. The molecule has 0 bridgehead atoms. The normalized spacial score (nSPS) is 11.9. The maximum atomic E-state index is 12.9. The molecule has 1 rings (SSSR count). The molecule has 0 fully saturated rings. The number of carbonyl (C=O) groups excluding carboxylic acids is 3. The van der Waals surface area contributed by atoms with Gasteiger partial charge in [-0.1, -0.05) is 30.6 Å². The Morgan fingerprint density at radius 2 is 1.89 bits per heavy atom. The molecule has 0 spiro atoms. The first-order valence-electron chi connectivity index (χ1n) is 12.9. The van der Waals surface area contributed by atoms with Gasteiger partial charge in [0.05, 0.1) is 13.2 Å². The number of azide groups is 1. The molecule has 3 N–H and O–H groups in total. The molecule has 11 nitrogen and oxygen atoms in total. The molecule has 0 saturated carbocycles. The van der Waals surface area contributed by atoms with Crippen LogP contribution in [0.5, 0.6) is 0 Å². The van der Waals surface area contributed by atoms with Gasteiger partial charge in [-0.05, 0) is 55.6 Å². The number of rotatable bonds is 22. The summed E-state index contributed by atoms with van der Waals surface area (Å²) in [5.41, 5.74) is 9.49. The molecule has 0 aliphatic carbocycles. The van der Waals surface area contributed by atoms with E-state index in [1.807, 2.05) is 0 Å². The van der Waals surface area contributed by atoms with Gasteiger partial charge in [-0.3, -0.25) is 14.4 Å². The Labute approximate surface area is 214 Å². The van der Waals surface area contributed by atoms with Crippen LogP contribution >= 0.6 is 0 Å². The molecular formula is C25H39N5O6. The van der Waals surface area contributed by atoms with E-state index in [1.165, 1.54) is 0 Å². The van der Waals surface area contributed by atoms with Crippen molar-refractivity contribution in [3.05, 3.63) is 40.3 Å². The number of anilines is 1. The van der Waals surface area contributed by atoms with Crippen molar-refractivity contribution in [1.82, 2.24) is 5.32 Å². The van der Waals surface area contributed by atoms with Gasteiger partial charge in [0.1, 0.15) is 13.2 Å². The molecule has 1 aromatic rings. The average Bonchev–Trinajstić information content (AvgIpc) is 2.89. The second-order valence-electron chi connectivity index (χ2n) is 8.23. The van der Waals surface area contributed by atoms with Gasteiger partial charge in [0.15, 0.2) is 11.6 Å². The summed E-state index contributed by atoms with van der Waals surface area (Å²) in [5.74, 6) is -1.20. The highest BCUT2D eigenvalue weighted by Gasteiger charge is 2.22. The third-order valence-electron chi connectivity index (χ3n) is 5.25. The minimum atomic E-state index is -0.539. The molecule has 36 heavy (non-hydrogen) atoms. The Balaban J connectivity index is 2.44. The number of benzene rings is 1. The quantitative estimate of drug-likeness (QED) is 0.0939. The van der Waals surface area contributed by atoms with Gasteiger partial charge in [0, 0.05) is 43.9 Å². The number of aliphatic hydroxyl groups excluding tert-OH is 1. The Morgan fingerprint density at radius 1 is 1.11 bits per heavy atom. The molecule has 0 aliphatic rings. The van der Waals surface area contributed by atoms with E-state index in [2.05, 4.69) is 20.7 Å². The summed E-state index contributed by atoms with van der Waals surface area (Å²) in [7, 11) is 0. The molecule has 0 aromatic heterocycles. The van der Waals surface area contributed by atoms with Gasteiger partial charge in [-0.25, -0.2) is 0 Å². The fourth-order valence-electron chi connectivity index (χ4n) is 3.34. The van der Waals surface area contributed by atoms with Crippen molar-refractivity contribution in [1.29, 1.82) is 0 Å². The van der Waals surface area contributed by atoms with Crippen molar-refractivity contribution in [2.24, 2.45) is 11.0 Å². The van der Waals surface area contributed by atoms with E-state index >= 15 is 0 Å². The maximum Gasteiger partial charge on any atom is 0.227 e. The first-order valence-corrected chi connectivity index (χ1v) is 12.2. The van der Waals surface area contributed by atoms with Crippen molar-refractivity contribution in [3.8, 4) is 0 Å². The fourth-order valence-corrected chi connectivity index (χ4v) is 3.34. The number of amides is 1. The third-order valence-corrected chi connectivity index (χ3v) is 5.25. The molecule has 0 aliphatic heterocycles.